The lowest BCUT2D eigenvalue weighted by Gasteiger charge is -2.23. The molecule has 0 aliphatic carbocycles. The molecule has 1 amide bonds. The van der Waals surface area contributed by atoms with Gasteiger partial charge < -0.3 is 16.0 Å². The first-order chi connectivity index (χ1) is 8.20. The van der Waals surface area contributed by atoms with E-state index in [2.05, 4.69) is 16.3 Å². The predicted octanol–water partition coefficient (Wildman–Crippen LogP) is 0.467. The second-order valence-corrected chi connectivity index (χ2v) is 3.97. The zero-order valence-electron chi connectivity index (χ0n) is 9.44. The van der Waals surface area contributed by atoms with Crippen molar-refractivity contribution in [2.45, 2.75) is 6.42 Å². The zero-order valence-corrected chi connectivity index (χ0v) is 9.44. The molecule has 5 heteroatoms. The Morgan fingerprint density at radius 1 is 1.41 bits per heavy atom. The molecule has 1 aromatic rings. The van der Waals surface area contributed by atoms with Crippen LogP contribution in [0.15, 0.2) is 18.2 Å². The Morgan fingerprint density at radius 2 is 2.24 bits per heavy atom. The van der Waals surface area contributed by atoms with E-state index in [0.29, 0.717) is 30.8 Å². The van der Waals surface area contributed by atoms with Crippen molar-refractivity contribution in [3.63, 3.8) is 0 Å². The average Bonchev–Trinajstić information content (AvgIpc) is 2.54. The third kappa shape index (κ3) is 2.48. The van der Waals surface area contributed by atoms with Gasteiger partial charge in [-0.1, -0.05) is 0 Å². The Kier molecular flexibility index (Phi) is 3.15. The van der Waals surface area contributed by atoms with Crippen molar-refractivity contribution in [2.24, 2.45) is 0 Å². The molecule has 0 spiro atoms. The van der Waals surface area contributed by atoms with E-state index in [1.54, 1.807) is 12.1 Å². The van der Waals surface area contributed by atoms with Gasteiger partial charge in [0.1, 0.15) is 0 Å². The first kappa shape index (κ1) is 11.3. The number of nitrogen functional groups attached to an aromatic ring is 1. The topological polar surface area (TPSA) is 82.2 Å². The number of hydrogen-bond donors (Lipinski definition) is 2. The zero-order chi connectivity index (χ0) is 12.3. The molecule has 3 N–H and O–H groups in total. The van der Waals surface area contributed by atoms with Gasteiger partial charge in [0.15, 0.2) is 0 Å². The molecule has 1 aromatic carbocycles. The van der Waals surface area contributed by atoms with Crippen LogP contribution in [0.3, 0.4) is 0 Å². The van der Waals surface area contributed by atoms with Gasteiger partial charge in [-0.25, -0.2) is 0 Å². The molecule has 1 heterocycles. The largest absolute Gasteiger partial charge is 0.397 e. The Labute approximate surface area is 99.8 Å². The fourth-order valence-electron chi connectivity index (χ4n) is 1.92. The van der Waals surface area contributed by atoms with Crippen molar-refractivity contribution in [1.82, 2.24) is 5.32 Å². The Hall–Kier alpha value is -2.22. The van der Waals surface area contributed by atoms with E-state index >= 15 is 0 Å². The van der Waals surface area contributed by atoms with Crippen LogP contribution in [0, 0.1) is 11.3 Å². The molecule has 17 heavy (non-hydrogen) atoms. The van der Waals surface area contributed by atoms with E-state index in [4.69, 9.17) is 11.0 Å². The van der Waals surface area contributed by atoms with Crippen LogP contribution >= 0.6 is 0 Å². The molecular formula is C12H14N4O. The number of rotatable bonds is 1. The van der Waals surface area contributed by atoms with E-state index in [1.807, 2.05) is 6.07 Å². The Balaban J connectivity index is 2.22. The molecule has 0 unspecified atom stereocenters. The summed E-state index contributed by atoms with van der Waals surface area (Å²) in [5.41, 5.74) is 7.94. The molecule has 1 aliphatic rings. The molecule has 0 atom stereocenters. The number of nitrogens with one attached hydrogen (secondary N) is 1. The summed E-state index contributed by atoms with van der Waals surface area (Å²) >= 11 is 0. The first-order valence-electron chi connectivity index (χ1n) is 5.52. The fourth-order valence-corrected chi connectivity index (χ4v) is 1.92. The number of hydrogen-bond acceptors (Lipinski definition) is 4. The third-order valence-electron chi connectivity index (χ3n) is 2.81. The second-order valence-electron chi connectivity index (χ2n) is 3.97. The highest BCUT2D eigenvalue weighted by Crippen LogP contribution is 2.24. The van der Waals surface area contributed by atoms with Crippen LogP contribution in [0.5, 0.6) is 0 Å². The number of nitrogens with zero attached hydrogens (tertiary/aromatic N) is 2. The van der Waals surface area contributed by atoms with Gasteiger partial charge in [-0.3, -0.25) is 4.79 Å². The quantitative estimate of drug-likeness (QED) is 0.687. The summed E-state index contributed by atoms with van der Waals surface area (Å²) in [7, 11) is 0. The normalized spacial score (nSPS) is 15.9. The highest BCUT2D eigenvalue weighted by molar-refractivity contribution is 5.78. The van der Waals surface area contributed by atoms with Gasteiger partial charge in [0.05, 0.1) is 23.0 Å². The number of nitriles is 1. The van der Waals surface area contributed by atoms with Crippen LogP contribution in [-0.2, 0) is 4.79 Å². The predicted molar refractivity (Wildman–Crippen MR) is 65.4 cm³/mol. The smallest absolute Gasteiger partial charge is 0.221 e. The third-order valence-corrected chi connectivity index (χ3v) is 2.81. The van der Waals surface area contributed by atoms with Crippen molar-refractivity contribution in [3.05, 3.63) is 23.8 Å². The molecule has 1 fully saturated rings. The van der Waals surface area contributed by atoms with Crippen LogP contribution in [0.4, 0.5) is 11.4 Å². The van der Waals surface area contributed by atoms with Gasteiger partial charge in [0, 0.05) is 26.1 Å². The molecule has 0 bridgehead atoms. The maximum Gasteiger partial charge on any atom is 0.221 e. The maximum atomic E-state index is 11.2. The maximum absolute atomic E-state index is 11.2. The molecule has 1 aliphatic heterocycles. The molecule has 88 valence electrons. The van der Waals surface area contributed by atoms with Crippen LogP contribution in [-0.4, -0.2) is 25.5 Å². The molecule has 1 saturated heterocycles. The van der Waals surface area contributed by atoms with Gasteiger partial charge in [-0.2, -0.15) is 5.26 Å². The van der Waals surface area contributed by atoms with Crippen molar-refractivity contribution >= 4 is 17.3 Å². The van der Waals surface area contributed by atoms with E-state index in [-0.39, 0.29) is 5.91 Å². The van der Waals surface area contributed by atoms with Crippen LogP contribution in [0.1, 0.15) is 12.0 Å². The van der Waals surface area contributed by atoms with Gasteiger partial charge in [-0.05, 0) is 18.2 Å². The lowest BCUT2D eigenvalue weighted by atomic mass is 10.1. The lowest BCUT2D eigenvalue weighted by molar-refractivity contribution is -0.120. The van der Waals surface area contributed by atoms with E-state index in [0.717, 1.165) is 12.2 Å². The van der Waals surface area contributed by atoms with Crippen molar-refractivity contribution in [2.75, 3.05) is 30.3 Å². The molecule has 2 rings (SSSR count). The monoisotopic (exact) mass is 230 g/mol. The van der Waals surface area contributed by atoms with Gasteiger partial charge in [-0.15, -0.1) is 0 Å². The molecule has 0 saturated carbocycles. The number of carbonyl (C=O) groups is 1. The number of amides is 1. The lowest BCUT2D eigenvalue weighted by Crippen LogP contribution is -2.28. The minimum atomic E-state index is 0.0692. The summed E-state index contributed by atoms with van der Waals surface area (Å²) in [6.07, 6.45) is 0.472. The summed E-state index contributed by atoms with van der Waals surface area (Å²) in [5, 5.41) is 11.6. The van der Waals surface area contributed by atoms with Gasteiger partial charge in [0.25, 0.3) is 0 Å². The first-order valence-corrected chi connectivity index (χ1v) is 5.52. The SMILES string of the molecule is N#Cc1ccc(N2CCNC(=O)CC2)c(N)c1. The Morgan fingerprint density at radius 3 is 2.94 bits per heavy atom. The van der Waals surface area contributed by atoms with Crippen molar-refractivity contribution < 1.29 is 4.79 Å². The summed E-state index contributed by atoms with van der Waals surface area (Å²) < 4.78 is 0. The van der Waals surface area contributed by atoms with Crippen LogP contribution in [0.2, 0.25) is 0 Å². The standard InChI is InChI=1S/C12H14N4O/c13-8-9-1-2-11(10(14)7-9)16-5-3-12(17)15-4-6-16/h1-2,7H,3-6,14H2,(H,15,17). The second kappa shape index (κ2) is 4.74. The number of benzene rings is 1. The molecular weight excluding hydrogens is 216 g/mol. The van der Waals surface area contributed by atoms with E-state index in [1.165, 1.54) is 0 Å². The highest BCUT2D eigenvalue weighted by Gasteiger charge is 2.15. The minimum absolute atomic E-state index is 0.0692. The number of anilines is 2. The summed E-state index contributed by atoms with van der Waals surface area (Å²) in [6, 6.07) is 7.29. The summed E-state index contributed by atoms with van der Waals surface area (Å²) in [6.45, 7) is 2.02. The van der Waals surface area contributed by atoms with Crippen molar-refractivity contribution in [1.29, 1.82) is 5.26 Å². The molecule has 5 nitrogen and oxygen atoms in total. The van der Waals surface area contributed by atoms with Crippen molar-refractivity contribution in [3.8, 4) is 6.07 Å². The number of carbonyl (C=O) groups excluding carboxylic acids is 1. The molecule has 0 radical (unpaired) electrons. The highest BCUT2D eigenvalue weighted by atomic mass is 16.1. The fraction of sp³-hybridized carbons (Fsp3) is 0.333. The van der Waals surface area contributed by atoms with E-state index in [9.17, 15) is 4.79 Å². The minimum Gasteiger partial charge on any atom is -0.397 e. The van der Waals surface area contributed by atoms with E-state index < -0.39 is 0 Å². The number of nitrogens with two attached hydrogens (primary N) is 1. The van der Waals surface area contributed by atoms with Crippen LogP contribution in [0.25, 0.3) is 0 Å². The summed E-state index contributed by atoms with van der Waals surface area (Å²) in [5.74, 6) is 0.0692. The molecule has 0 aromatic heterocycles. The summed E-state index contributed by atoms with van der Waals surface area (Å²) in [4.78, 5) is 13.3. The van der Waals surface area contributed by atoms with Gasteiger partial charge in [0.2, 0.25) is 5.91 Å². The Bertz CT molecular complexity index is 478. The van der Waals surface area contributed by atoms with Crippen LogP contribution < -0.4 is 16.0 Å². The van der Waals surface area contributed by atoms with Gasteiger partial charge >= 0.3 is 0 Å². The average molecular weight is 230 g/mol.